The Morgan fingerprint density at radius 1 is 0.926 bits per heavy atom. The molecule has 0 atom stereocenters. The van der Waals surface area contributed by atoms with Gasteiger partial charge in [-0.1, -0.05) is 64.1 Å². The van der Waals surface area contributed by atoms with Gasteiger partial charge in [0.05, 0.1) is 5.69 Å². The molecule has 0 bridgehead atoms. The quantitative estimate of drug-likeness (QED) is 0.536. The molecule has 27 heavy (non-hydrogen) atoms. The van der Waals surface area contributed by atoms with Crippen LogP contribution in [-0.4, -0.2) is 4.68 Å². The predicted molar refractivity (Wildman–Crippen MR) is 112 cm³/mol. The van der Waals surface area contributed by atoms with E-state index in [1.54, 1.807) is 0 Å². The van der Waals surface area contributed by atoms with Gasteiger partial charge in [-0.3, -0.25) is 0 Å². The van der Waals surface area contributed by atoms with Crippen LogP contribution in [0.5, 0.6) is 0 Å². The number of hydrogen-bond acceptors (Lipinski definition) is 0. The predicted octanol–water partition coefficient (Wildman–Crippen LogP) is 5.63. The van der Waals surface area contributed by atoms with Gasteiger partial charge in [0.15, 0.2) is 7.05 Å². The third kappa shape index (κ3) is 2.22. The molecule has 0 N–H and O–H groups in total. The van der Waals surface area contributed by atoms with Gasteiger partial charge in [0.1, 0.15) is 5.69 Å². The molecule has 2 heteroatoms. The summed E-state index contributed by atoms with van der Waals surface area (Å²) in [6, 6.07) is 20.0. The third-order valence-corrected chi connectivity index (χ3v) is 7.24. The Balaban J connectivity index is 2.14. The van der Waals surface area contributed by atoms with Gasteiger partial charge >= 0.3 is 0 Å². The second-order valence-electron chi connectivity index (χ2n) is 8.50. The molecule has 0 spiro atoms. The summed E-state index contributed by atoms with van der Waals surface area (Å²) in [5, 5.41) is 0. The van der Waals surface area contributed by atoms with E-state index in [0.717, 1.165) is 12.8 Å². The lowest BCUT2D eigenvalue weighted by atomic mass is 9.56. The van der Waals surface area contributed by atoms with Crippen molar-refractivity contribution < 1.29 is 4.68 Å². The normalized spacial score (nSPS) is 16.7. The van der Waals surface area contributed by atoms with E-state index >= 15 is 0 Å². The lowest BCUT2D eigenvalue weighted by molar-refractivity contribution is -0.735. The molecule has 2 heterocycles. The number of rotatable bonds is 3. The minimum absolute atomic E-state index is 0.0766. The number of fused-ring (bicyclic) bond motifs is 3. The van der Waals surface area contributed by atoms with Crippen LogP contribution in [0, 0.1) is 6.92 Å². The molecule has 140 valence electrons. The van der Waals surface area contributed by atoms with Crippen molar-refractivity contribution in [3.63, 3.8) is 0 Å². The lowest BCUT2D eigenvalue weighted by Gasteiger charge is -2.49. The van der Waals surface area contributed by atoms with E-state index in [1.807, 2.05) is 0 Å². The molecule has 0 amide bonds. The maximum atomic E-state index is 2.49. The average molecular weight is 360 g/mol. The summed E-state index contributed by atoms with van der Waals surface area (Å²) in [7, 11) is 2.20. The monoisotopic (exact) mass is 359 g/mol. The van der Waals surface area contributed by atoms with Crippen LogP contribution in [0.2, 0.25) is 0 Å². The highest BCUT2D eigenvalue weighted by atomic mass is 15.4. The number of aromatic nitrogens is 2. The summed E-state index contributed by atoms with van der Waals surface area (Å²) in [5.41, 5.74) is 8.35. The highest BCUT2D eigenvalue weighted by molar-refractivity contribution is 5.62. The molecule has 0 saturated heterocycles. The molecule has 1 aromatic heterocycles. The summed E-state index contributed by atoms with van der Waals surface area (Å²) in [5.74, 6) is 0. The lowest BCUT2D eigenvalue weighted by Crippen LogP contribution is -2.53. The number of para-hydroxylation sites is 1. The van der Waals surface area contributed by atoms with Crippen LogP contribution < -0.4 is 4.68 Å². The zero-order chi connectivity index (χ0) is 19.4. The topological polar surface area (TPSA) is 8.81 Å². The first-order valence-electron chi connectivity index (χ1n) is 10.2. The fraction of sp³-hybridized carbons (Fsp3) is 0.400. The zero-order valence-electron chi connectivity index (χ0n) is 17.5. The van der Waals surface area contributed by atoms with Crippen LogP contribution in [-0.2, 0) is 17.9 Å². The van der Waals surface area contributed by atoms with Crippen LogP contribution in [0.25, 0.3) is 16.9 Å². The van der Waals surface area contributed by atoms with Crippen molar-refractivity contribution in [2.24, 2.45) is 7.05 Å². The van der Waals surface area contributed by atoms with E-state index in [1.165, 1.54) is 33.8 Å². The fourth-order valence-electron chi connectivity index (χ4n) is 5.56. The van der Waals surface area contributed by atoms with Crippen LogP contribution in [0.3, 0.4) is 0 Å². The van der Waals surface area contributed by atoms with Crippen LogP contribution in [0.15, 0.2) is 54.6 Å². The molecule has 4 rings (SSSR count). The van der Waals surface area contributed by atoms with Crippen molar-refractivity contribution in [1.82, 2.24) is 4.68 Å². The van der Waals surface area contributed by atoms with Gasteiger partial charge in [-0.05, 0) is 43.0 Å². The van der Waals surface area contributed by atoms with Gasteiger partial charge in [0.25, 0.3) is 0 Å². The zero-order valence-corrected chi connectivity index (χ0v) is 17.5. The minimum atomic E-state index is 0.0766. The summed E-state index contributed by atoms with van der Waals surface area (Å²) in [6.45, 7) is 11.8. The first-order valence-corrected chi connectivity index (χ1v) is 10.2. The van der Waals surface area contributed by atoms with Crippen LogP contribution in [0.4, 0.5) is 0 Å². The summed E-state index contributed by atoms with van der Waals surface area (Å²) < 4.78 is 4.84. The molecule has 0 aliphatic carbocycles. The molecular weight excluding hydrogens is 328 g/mol. The van der Waals surface area contributed by atoms with E-state index < -0.39 is 0 Å². The van der Waals surface area contributed by atoms with Crippen molar-refractivity contribution in [1.29, 1.82) is 0 Å². The molecule has 2 aromatic carbocycles. The molecular formula is C25H31N2+. The van der Waals surface area contributed by atoms with Crippen LogP contribution >= 0.6 is 0 Å². The van der Waals surface area contributed by atoms with Crippen molar-refractivity contribution in [3.8, 4) is 16.9 Å². The third-order valence-electron chi connectivity index (χ3n) is 7.24. The van der Waals surface area contributed by atoms with Gasteiger partial charge in [-0.15, -0.1) is 9.36 Å². The number of hydrogen-bond donors (Lipinski definition) is 0. The summed E-state index contributed by atoms with van der Waals surface area (Å²) in [6.07, 6.45) is 2.25. The van der Waals surface area contributed by atoms with E-state index in [0.29, 0.717) is 0 Å². The van der Waals surface area contributed by atoms with Gasteiger partial charge in [-0.25, -0.2) is 0 Å². The Kier molecular flexibility index (Phi) is 4.06. The van der Waals surface area contributed by atoms with Crippen molar-refractivity contribution >= 4 is 0 Å². The highest BCUT2D eigenvalue weighted by Gasteiger charge is 2.53. The molecule has 0 radical (unpaired) electrons. The van der Waals surface area contributed by atoms with E-state index in [2.05, 4.69) is 106 Å². The second-order valence-corrected chi connectivity index (χ2v) is 8.50. The molecule has 1 aliphatic rings. The van der Waals surface area contributed by atoms with Gasteiger partial charge in [0.2, 0.25) is 5.69 Å². The van der Waals surface area contributed by atoms with Crippen LogP contribution in [0.1, 0.15) is 57.4 Å². The number of nitrogens with zero attached hydrogens (tertiary/aromatic N) is 2. The smallest absolute Gasteiger partial charge is 0.124 e. The summed E-state index contributed by atoms with van der Waals surface area (Å²) in [4.78, 5) is 0. The Hall–Kier alpha value is -2.35. The first-order chi connectivity index (χ1) is 12.9. The van der Waals surface area contributed by atoms with Crippen molar-refractivity contribution in [3.05, 3.63) is 71.4 Å². The Morgan fingerprint density at radius 3 is 2.22 bits per heavy atom. The largest absolute Gasteiger partial charge is 0.239 e. The fourth-order valence-corrected chi connectivity index (χ4v) is 5.56. The molecule has 0 fully saturated rings. The molecule has 2 nitrogen and oxygen atoms in total. The van der Waals surface area contributed by atoms with Gasteiger partial charge in [-0.2, -0.15) is 0 Å². The SMILES string of the molecule is CCC1(CC)c2cc(-c3ccccc3)[n+](C)n2-c2c(C)cccc2C1(C)C. The van der Waals surface area contributed by atoms with Gasteiger partial charge in [0, 0.05) is 22.5 Å². The summed E-state index contributed by atoms with van der Waals surface area (Å²) >= 11 is 0. The molecule has 3 aromatic rings. The second kappa shape index (κ2) is 6.09. The molecule has 1 aliphatic heterocycles. The van der Waals surface area contributed by atoms with E-state index in [-0.39, 0.29) is 10.8 Å². The Labute approximate surface area is 163 Å². The Bertz CT molecular complexity index is 989. The number of aryl methyl sites for hydroxylation is 1. The average Bonchev–Trinajstić information content (AvgIpc) is 3.01. The molecule has 0 unspecified atom stereocenters. The first kappa shape index (κ1) is 18.0. The van der Waals surface area contributed by atoms with Gasteiger partial charge < -0.3 is 0 Å². The maximum absolute atomic E-state index is 2.49. The Morgan fingerprint density at radius 2 is 1.59 bits per heavy atom. The van der Waals surface area contributed by atoms with E-state index in [4.69, 9.17) is 0 Å². The van der Waals surface area contributed by atoms with Crippen molar-refractivity contribution in [2.75, 3.05) is 0 Å². The standard InChI is InChI=1S/C25H31N2/c1-7-25(8-2)22-17-21(19-14-10-9-11-15-19)26(6)27(22)23-18(3)13-12-16-20(23)24(25,4)5/h9-17H,7-8H2,1-6H3/q+1. The minimum Gasteiger partial charge on any atom is -0.124 e. The highest BCUT2D eigenvalue weighted by Crippen LogP contribution is 2.54. The maximum Gasteiger partial charge on any atom is 0.239 e. The molecule has 0 saturated carbocycles. The number of benzene rings is 2. The van der Waals surface area contributed by atoms with Crippen molar-refractivity contribution in [2.45, 2.75) is 58.3 Å². The van der Waals surface area contributed by atoms with E-state index in [9.17, 15) is 0 Å².